The summed E-state index contributed by atoms with van der Waals surface area (Å²) in [6.07, 6.45) is -0.0372. The maximum Gasteiger partial charge on any atom is 0.307 e. The summed E-state index contributed by atoms with van der Waals surface area (Å²) in [5.74, 6) is 0.936. The van der Waals surface area contributed by atoms with Crippen LogP contribution in [-0.4, -0.2) is 5.97 Å². The zero-order chi connectivity index (χ0) is 21.3. The van der Waals surface area contributed by atoms with Crippen LogP contribution < -0.4 is 4.74 Å². The predicted molar refractivity (Wildman–Crippen MR) is 116 cm³/mol. The van der Waals surface area contributed by atoms with Gasteiger partial charge in [-0.2, -0.15) is 5.26 Å². The first-order chi connectivity index (χ1) is 14.5. The van der Waals surface area contributed by atoms with Gasteiger partial charge in [0.05, 0.1) is 0 Å². The van der Waals surface area contributed by atoms with Crippen LogP contribution >= 0.6 is 11.6 Å². The van der Waals surface area contributed by atoms with Crippen molar-refractivity contribution in [1.29, 1.82) is 5.26 Å². The molecule has 2 unspecified atom stereocenters. The fourth-order valence-corrected chi connectivity index (χ4v) is 3.22. The van der Waals surface area contributed by atoms with Crippen molar-refractivity contribution in [3.8, 4) is 17.6 Å². The van der Waals surface area contributed by atoms with Crippen LogP contribution in [-0.2, 0) is 16.0 Å². The van der Waals surface area contributed by atoms with E-state index in [-0.39, 0.29) is 12.3 Å². The van der Waals surface area contributed by atoms with Gasteiger partial charge in [-0.1, -0.05) is 61.0 Å². The summed E-state index contributed by atoms with van der Waals surface area (Å²) in [5.41, 5.74) is 1.67. The highest BCUT2D eigenvalue weighted by molar-refractivity contribution is 6.30. The third-order valence-electron chi connectivity index (χ3n) is 4.52. The topological polar surface area (TPSA) is 59.3 Å². The lowest BCUT2D eigenvalue weighted by Crippen LogP contribution is -2.14. The van der Waals surface area contributed by atoms with Crippen molar-refractivity contribution in [2.24, 2.45) is 5.92 Å². The van der Waals surface area contributed by atoms with Crippen molar-refractivity contribution in [3.05, 3.63) is 95.0 Å². The first-order valence-electron chi connectivity index (χ1n) is 9.70. The van der Waals surface area contributed by atoms with E-state index in [0.717, 1.165) is 12.0 Å². The molecule has 0 spiro atoms. The summed E-state index contributed by atoms with van der Waals surface area (Å²) >= 11 is 5.91. The van der Waals surface area contributed by atoms with E-state index in [9.17, 15) is 10.1 Å². The third kappa shape index (κ3) is 6.37. The van der Waals surface area contributed by atoms with Crippen LogP contribution in [0.4, 0.5) is 0 Å². The van der Waals surface area contributed by atoms with Crippen LogP contribution in [0.2, 0.25) is 5.02 Å². The molecule has 0 saturated heterocycles. The maximum absolute atomic E-state index is 12.4. The summed E-state index contributed by atoms with van der Waals surface area (Å²) < 4.78 is 11.2. The molecule has 0 radical (unpaired) electrons. The van der Waals surface area contributed by atoms with Gasteiger partial charge >= 0.3 is 5.97 Å². The average molecular weight is 420 g/mol. The lowest BCUT2D eigenvalue weighted by molar-refractivity contribution is -0.147. The Hall–Kier alpha value is -3.29. The van der Waals surface area contributed by atoms with Gasteiger partial charge in [0.25, 0.3) is 0 Å². The minimum atomic E-state index is -0.987. The SMILES string of the molecule is CC(CC(=O)OC(C#N)c1cccc(Oc2ccccc2)c1)Cc1ccc(Cl)cc1. The monoisotopic (exact) mass is 419 g/mol. The second kappa shape index (κ2) is 10.5. The van der Waals surface area contributed by atoms with E-state index in [1.54, 1.807) is 24.3 Å². The molecule has 0 saturated carbocycles. The van der Waals surface area contributed by atoms with Crippen LogP contribution in [0.3, 0.4) is 0 Å². The molecule has 0 amide bonds. The van der Waals surface area contributed by atoms with Gasteiger partial charge < -0.3 is 9.47 Å². The van der Waals surface area contributed by atoms with Crippen LogP contribution in [0.5, 0.6) is 11.5 Å². The predicted octanol–water partition coefficient (Wildman–Crippen LogP) is 6.51. The zero-order valence-electron chi connectivity index (χ0n) is 16.6. The Morgan fingerprint density at radius 2 is 1.70 bits per heavy atom. The van der Waals surface area contributed by atoms with Crippen molar-refractivity contribution in [3.63, 3.8) is 0 Å². The molecule has 4 nitrogen and oxygen atoms in total. The van der Waals surface area contributed by atoms with Gasteiger partial charge in [-0.15, -0.1) is 0 Å². The van der Waals surface area contributed by atoms with Crippen LogP contribution in [0.25, 0.3) is 0 Å². The molecular weight excluding hydrogens is 398 g/mol. The van der Waals surface area contributed by atoms with E-state index < -0.39 is 12.1 Å². The fraction of sp³-hybridized carbons (Fsp3) is 0.200. The number of hydrogen-bond donors (Lipinski definition) is 0. The third-order valence-corrected chi connectivity index (χ3v) is 4.77. The van der Waals surface area contributed by atoms with E-state index in [1.807, 2.05) is 61.5 Å². The molecule has 3 rings (SSSR count). The van der Waals surface area contributed by atoms with Gasteiger partial charge in [-0.25, -0.2) is 0 Å². The Kier molecular flexibility index (Phi) is 7.48. The fourth-order valence-electron chi connectivity index (χ4n) is 3.09. The van der Waals surface area contributed by atoms with E-state index in [4.69, 9.17) is 21.1 Å². The molecule has 30 heavy (non-hydrogen) atoms. The van der Waals surface area contributed by atoms with Gasteiger partial charge in [-0.3, -0.25) is 4.79 Å². The standard InChI is InChI=1S/C25H22ClNO3/c1-18(14-19-10-12-21(26)13-11-19)15-25(28)30-24(17-27)20-6-5-9-23(16-20)29-22-7-3-2-4-8-22/h2-13,16,18,24H,14-15H2,1H3. The van der Waals surface area contributed by atoms with Crippen molar-refractivity contribution < 1.29 is 14.3 Å². The number of nitriles is 1. The molecule has 3 aromatic carbocycles. The van der Waals surface area contributed by atoms with E-state index in [0.29, 0.717) is 22.1 Å². The number of ether oxygens (including phenoxy) is 2. The van der Waals surface area contributed by atoms with Crippen LogP contribution in [0.1, 0.15) is 30.6 Å². The highest BCUT2D eigenvalue weighted by Gasteiger charge is 2.19. The number of nitrogens with zero attached hydrogens (tertiary/aromatic N) is 1. The van der Waals surface area contributed by atoms with Crippen molar-refractivity contribution >= 4 is 17.6 Å². The molecule has 0 aliphatic carbocycles. The van der Waals surface area contributed by atoms with Gasteiger partial charge in [0.1, 0.15) is 17.6 Å². The number of rotatable bonds is 8. The Bertz CT molecular complexity index is 1010. The maximum atomic E-state index is 12.4. The summed E-state index contributed by atoms with van der Waals surface area (Å²) in [6, 6.07) is 26.0. The first-order valence-corrected chi connectivity index (χ1v) is 10.1. The number of hydrogen-bond acceptors (Lipinski definition) is 4. The zero-order valence-corrected chi connectivity index (χ0v) is 17.4. The van der Waals surface area contributed by atoms with Crippen LogP contribution in [0.15, 0.2) is 78.9 Å². The molecule has 0 aliphatic rings. The van der Waals surface area contributed by atoms with Crippen molar-refractivity contribution in [2.45, 2.75) is 25.9 Å². The summed E-state index contributed by atoms with van der Waals surface area (Å²) in [6.45, 7) is 1.98. The second-order valence-corrected chi connectivity index (χ2v) is 7.56. The summed E-state index contributed by atoms with van der Waals surface area (Å²) in [4.78, 5) is 12.4. The van der Waals surface area contributed by atoms with Crippen molar-refractivity contribution in [2.75, 3.05) is 0 Å². The normalized spacial score (nSPS) is 12.4. The largest absolute Gasteiger partial charge is 0.457 e. The molecule has 0 aliphatic heterocycles. The minimum absolute atomic E-state index is 0.0748. The van der Waals surface area contributed by atoms with E-state index >= 15 is 0 Å². The number of benzene rings is 3. The molecule has 0 N–H and O–H groups in total. The van der Waals surface area contributed by atoms with E-state index in [1.165, 1.54) is 0 Å². The Balaban J connectivity index is 1.59. The first kappa shape index (κ1) is 21.4. The number of para-hydroxylation sites is 1. The highest BCUT2D eigenvalue weighted by Crippen LogP contribution is 2.26. The summed E-state index contributed by atoms with van der Waals surface area (Å²) in [5, 5.41) is 10.2. The molecule has 3 aromatic rings. The molecular formula is C25H22ClNO3. The average Bonchev–Trinajstić information content (AvgIpc) is 2.74. The van der Waals surface area contributed by atoms with Gasteiger partial charge in [-0.05, 0) is 54.3 Å². The number of esters is 1. The smallest absolute Gasteiger partial charge is 0.307 e. The molecule has 152 valence electrons. The summed E-state index contributed by atoms with van der Waals surface area (Å²) in [7, 11) is 0. The van der Waals surface area contributed by atoms with E-state index in [2.05, 4.69) is 6.07 Å². The lowest BCUT2D eigenvalue weighted by Gasteiger charge is -2.15. The van der Waals surface area contributed by atoms with Crippen molar-refractivity contribution in [1.82, 2.24) is 0 Å². The lowest BCUT2D eigenvalue weighted by atomic mass is 9.98. The second-order valence-electron chi connectivity index (χ2n) is 7.13. The quantitative estimate of drug-likeness (QED) is 0.390. The molecule has 0 bridgehead atoms. The molecule has 2 atom stereocenters. The highest BCUT2D eigenvalue weighted by atomic mass is 35.5. The Labute approximate surface area is 181 Å². The molecule has 0 aromatic heterocycles. The van der Waals surface area contributed by atoms with Gasteiger partial charge in [0, 0.05) is 17.0 Å². The Morgan fingerprint density at radius 1 is 1.00 bits per heavy atom. The van der Waals surface area contributed by atoms with Gasteiger partial charge in [0.2, 0.25) is 6.10 Å². The molecule has 0 heterocycles. The Morgan fingerprint density at radius 3 is 2.40 bits per heavy atom. The minimum Gasteiger partial charge on any atom is -0.457 e. The van der Waals surface area contributed by atoms with Crippen LogP contribution in [0, 0.1) is 17.2 Å². The molecule has 5 heteroatoms. The number of carbonyl (C=O) groups is 1. The number of halogens is 1. The molecule has 0 fully saturated rings. The van der Waals surface area contributed by atoms with Gasteiger partial charge in [0.15, 0.2) is 0 Å². The number of carbonyl (C=O) groups excluding carboxylic acids is 1.